The first-order chi connectivity index (χ1) is 13.1. The number of aromatic amines is 1. The first-order valence-corrected chi connectivity index (χ1v) is 9.02. The highest BCUT2D eigenvalue weighted by Crippen LogP contribution is 2.43. The summed E-state index contributed by atoms with van der Waals surface area (Å²) in [5.41, 5.74) is 2.62. The molecule has 0 saturated heterocycles. The summed E-state index contributed by atoms with van der Waals surface area (Å²) >= 11 is 0. The molecule has 2 aromatic heterocycles. The van der Waals surface area contributed by atoms with Gasteiger partial charge in [-0.3, -0.25) is 14.2 Å². The summed E-state index contributed by atoms with van der Waals surface area (Å²) in [5, 5.41) is 4.76. The molecule has 0 radical (unpaired) electrons. The molecule has 27 heavy (non-hydrogen) atoms. The molecule has 2 atom stereocenters. The zero-order chi connectivity index (χ0) is 18.3. The third kappa shape index (κ3) is 1.68. The van der Waals surface area contributed by atoms with Gasteiger partial charge in [0.05, 0.1) is 16.6 Å². The molecule has 132 valence electrons. The number of fused-ring (bicyclic) bond motifs is 3. The van der Waals surface area contributed by atoms with Gasteiger partial charge in [-0.05, 0) is 30.7 Å². The Balaban J connectivity index is 1.79. The molecule has 2 aromatic carbocycles. The second-order valence-corrected chi connectivity index (χ2v) is 7.49. The van der Waals surface area contributed by atoms with Gasteiger partial charge < -0.3 is 10.3 Å². The van der Waals surface area contributed by atoms with Crippen LogP contribution in [0.2, 0.25) is 0 Å². The van der Waals surface area contributed by atoms with Crippen LogP contribution < -0.4 is 10.9 Å². The third-order valence-electron chi connectivity index (χ3n) is 5.95. The van der Waals surface area contributed by atoms with Crippen LogP contribution in [0.3, 0.4) is 0 Å². The maximum absolute atomic E-state index is 13.3. The fourth-order valence-corrected chi connectivity index (χ4v) is 4.68. The number of hydrogen-bond donors (Lipinski definition) is 2. The van der Waals surface area contributed by atoms with Crippen molar-refractivity contribution < 1.29 is 4.79 Å². The molecule has 6 nitrogen and oxygen atoms in total. The van der Waals surface area contributed by atoms with Crippen molar-refractivity contribution in [1.29, 1.82) is 0 Å². The van der Waals surface area contributed by atoms with Gasteiger partial charge >= 0.3 is 0 Å². The van der Waals surface area contributed by atoms with E-state index in [4.69, 9.17) is 4.98 Å². The van der Waals surface area contributed by atoms with Crippen LogP contribution in [0.1, 0.15) is 30.0 Å². The molecule has 5 heterocycles. The Morgan fingerprint density at radius 2 is 1.81 bits per heavy atom. The number of hydrogen-bond acceptors (Lipinski definition) is 3. The lowest BCUT2D eigenvalue weighted by atomic mass is 9.93. The number of nitrogens with zero attached hydrogens (tertiary/aromatic N) is 2. The number of carbonyl (C=O) groups is 1. The van der Waals surface area contributed by atoms with Crippen LogP contribution >= 0.6 is 0 Å². The third-order valence-corrected chi connectivity index (χ3v) is 5.95. The Kier molecular flexibility index (Phi) is 2.54. The van der Waals surface area contributed by atoms with Crippen LogP contribution in [0, 0.1) is 0 Å². The molecule has 0 fully saturated rings. The molecule has 0 saturated carbocycles. The van der Waals surface area contributed by atoms with Crippen LogP contribution in [0.4, 0.5) is 0 Å². The fourth-order valence-electron chi connectivity index (χ4n) is 4.68. The lowest BCUT2D eigenvalue weighted by molar-refractivity contribution is -0.127. The van der Waals surface area contributed by atoms with Gasteiger partial charge in [0, 0.05) is 17.3 Å². The summed E-state index contributed by atoms with van der Waals surface area (Å²) < 4.78 is 1.60. The maximum atomic E-state index is 13.3. The molecular weight excluding hydrogens is 340 g/mol. The fraction of sp³-hybridized carbons (Fsp3) is 0.190. The van der Waals surface area contributed by atoms with Crippen molar-refractivity contribution in [1.82, 2.24) is 19.9 Å². The van der Waals surface area contributed by atoms with Crippen LogP contribution in [-0.2, 0) is 16.8 Å². The van der Waals surface area contributed by atoms with Crippen molar-refractivity contribution in [3.63, 3.8) is 0 Å². The molecule has 3 aliphatic heterocycles. The van der Waals surface area contributed by atoms with Gasteiger partial charge in [-0.2, -0.15) is 0 Å². The molecule has 1 amide bonds. The molecule has 6 heteroatoms. The summed E-state index contributed by atoms with van der Waals surface area (Å²) in [6.45, 7) is 1.92. The lowest BCUT2D eigenvalue weighted by Gasteiger charge is -2.36. The van der Waals surface area contributed by atoms with Gasteiger partial charge in [-0.1, -0.05) is 30.3 Å². The number of carbonyl (C=O) groups excluding carboxylic acids is 1. The zero-order valence-corrected chi connectivity index (χ0v) is 14.6. The van der Waals surface area contributed by atoms with E-state index in [0.717, 1.165) is 22.2 Å². The van der Waals surface area contributed by atoms with Crippen molar-refractivity contribution in [3.05, 3.63) is 76.0 Å². The number of para-hydroxylation sites is 2. The van der Waals surface area contributed by atoms with E-state index in [9.17, 15) is 9.59 Å². The largest absolute Gasteiger partial charge is 0.356 e. The minimum atomic E-state index is -0.887. The van der Waals surface area contributed by atoms with Crippen molar-refractivity contribution in [2.45, 2.75) is 24.9 Å². The Hall–Kier alpha value is -3.41. The Bertz CT molecular complexity index is 1350. The number of nitrogens with one attached hydrogen (secondary N) is 2. The number of aromatic nitrogens is 3. The minimum Gasteiger partial charge on any atom is -0.356 e. The highest BCUT2D eigenvalue weighted by molar-refractivity contribution is 5.91. The molecular formula is C21H16N4O2. The van der Waals surface area contributed by atoms with Crippen molar-refractivity contribution in [2.75, 3.05) is 0 Å². The summed E-state index contributed by atoms with van der Waals surface area (Å²) in [4.78, 5) is 34.5. The van der Waals surface area contributed by atoms with E-state index < -0.39 is 11.6 Å². The summed E-state index contributed by atoms with van der Waals surface area (Å²) in [5.74, 6) is 0.443. The van der Waals surface area contributed by atoms with Gasteiger partial charge in [0.1, 0.15) is 17.4 Å². The SMILES string of the molecule is C[C@]12NC(=O)C(Cc3c1[nH]c1ccccc31)n1c2nc2ccccc2c1=O. The molecule has 2 bridgehead atoms. The second-order valence-electron chi connectivity index (χ2n) is 7.49. The Morgan fingerprint density at radius 3 is 2.67 bits per heavy atom. The predicted molar refractivity (Wildman–Crippen MR) is 102 cm³/mol. The van der Waals surface area contributed by atoms with Gasteiger partial charge in [0.25, 0.3) is 5.56 Å². The van der Waals surface area contributed by atoms with Crippen LogP contribution in [0.5, 0.6) is 0 Å². The topological polar surface area (TPSA) is 79.8 Å². The van der Waals surface area contributed by atoms with Crippen LogP contribution in [-0.4, -0.2) is 20.4 Å². The van der Waals surface area contributed by atoms with Crippen LogP contribution in [0.25, 0.3) is 21.8 Å². The van der Waals surface area contributed by atoms with Crippen LogP contribution in [0.15, 0.2) is 53.3 Å². The molecule has 1 unspecified atom stereocenters. The smallest absolute Gasteiger partial charge is 0.262 e. The highest BCUT2D eigenvalue weighted by atomic mass is 16.2. The monoisotopic (exact) mass is 356 g/mol. The van der Waals surface area contributed by atoms with E-state index in [-0.39, 0.29) is 11.5 Å². The van der Waals surface area contributed by atoms with Gasteiger partial charge in [-0.25, -0.2) is 4.98 Å². The molecule has 4 aromatic rings. The Morgan fingerprint density at radius 1 is 1.07 bits per heavy atom. The Labute approximate surface area is 153 Å². The number of H-pyrrole nitrogens is 1. The van der Waals surface area contributed by atoms with E-state index in [1.165, 1.54) is 0 Å². The van der Waals surface area contributed by atoms with E-state index >= 15 is 0 Å². The normalized spacial score (nSPS) is 23.1. The second kappa shape index (κ2) is 4.65. The molecule has 0 aliphatic carbocycles. The highest BCUT2D eigenvalue weighted by Gasteiger charge is 2.49. The maximum Gasteiger partial charge on any atom is 0.262 e. The van der Waals surface area contributed by atoms with E-state index in [2.05, 4.69) is 16.4 Å². The van der Waals surface area contributed by atoms with E-state index in [1.807, 2.05) is 43.3 Å². The van der Waals surface area contributed by atoms with Gasteiger partial charge in [0.15, 0.2) is 0 Å². The first kappa shape index (κ1) is 14.7. The van der Waals surface area contributed by atoms with Crippen molar-refractivity contribution in [2.24, 2.45) is 0 Å². The number of benzene rings is 2. The zero-order valence-electron chi connectivity index (χ0n) is 14.6. The number of rotatable bonds is 0. The number of amides is 1. The average Bonchev–Trinajstić information content (AvgIpc) is 2.96. The lowest BCUT2D eigenvalue weighted by Crippen LogP contribution is -2.55. The standard InChI is InChI=1S/C21H16N4O2/c1-21-17-13(11-6-2-4-8-14(11)22-17)10-16(18(26)24-21)25-19(27)12-7-3-5-9-15(12)23-20(21)25/h2-9,16,22H,10H2,1H3,(H,24,26)/t16?,21-/m0/s1. The molecule has 2 N–H and O–H groups in total. The predicted octanol–water partition coefficient (Wildman–Crippen LogP) is 2.37. The quantitative estimate of drug-likeness (QED) is 0.508. The van der Waals surface area contributed by atoms with Crippen molar-refractivity contribution >= 4 is 27.7 Å². The average molecular weight is 356 g/mol. The van der Waals surface area contributed by atoms with Crippen molar-refractivity contribution in [3.8, 4) is 0 Å². The molecule has 7 rings (SSSR count). The van der Waals surface area contributed by atoms with Gasteiger partial charge in [-0.15, -0.1) is 0 Å². The van der Waals surface area contributed by atoms with E-state index in [0.29, 0.717) is 23.1 Å². The summed E-state index contributed by atoms with van der Waals surface area (Å²) in [6.07, 6.45) is 0.466. The first-order valence-electron chi connectivity index (χ1n) is 9.02. The van der Waals surface area contributed by atoms with E-state index in [1.54, 1.807) is 10.6 Å². The summed E-state index contributed by atoms with van der Waals surface area (Å²) in [6, 6.07) is 14.8. The molecule has 3 aliphatic rings. The van der Waals surface area contributed by atoms with Gasteiger partial charge in [0.2, 0.25) is 5.91 Å². The summed E-state index contributed by atoms with van der Waals surface area (Å²) in [7, 11) is 0. The minimum absolute atomic E-state index is 0.141. The molecule has 0 spiro atoms.